The number of aliphatic hydroxyl groups is 5. The van der Waals surface area contributed by atoms with E-state index in [2.05, 4.69) is 22.5 Å². The molecule has 0 radical (unpaired) electrons. The van der Waals surface area contributed by atoms with Gasteiger partial charge in [-0.1, -0.05) is 17.7 Å². The van der Waals surface area contributed by atoms with E-state index in [0.717, 1.165) is 0 Å². The van der Waals surface area contributed by atoms with Gasteiger partial charge in [0.1, 0.15) is 11.7 Å². The number of alkyl halides is 2. The van der Waals surface area contributed by atoms with Gasteiger partial charge in [0.25, 0.3) is 0 Å². The molecule has 0 spiro atoms. The Morgan fingerprint density at radius 3 is 2.35 bits per heavy atom. The van der Waals surface area contributed by atoms with Crippen LogP contribution in [0.4, 0.5) is 0 Å². The number of aliphatic hydroxyl groups excluding tert-OH is 3. The molecule has 1 fully saturated rings. The third-order valence-corrected chi connectivity index (χ3v) is 4.67. The Balaban J connectivity index is 3.27. The average molecular weight is 334 g/mol. The third-order valence-electron chi connectivity index (χ3n) is 2.79. The predicted octanol–water partition coefficient (Wildman–Crippen LogP) is -0.986. The van der Waals surface area contributed by atoms with Crippen molar-refractivity contribution in [3.8, 4) is 0 Å². The third kappa shape index (κ3) is 2.04. The van der Waals surface area contributed by atoms with E-state index in [1.807, 2.05) is 0 Å². The largest absolute Gasteiger partial charge is 0.392 e. The SMILES string of the molecule is C=CC[C@@]1(O)[C@@H](O)[C@H](O)O[C@](Br)(CO)[C@@]1(O)Cl. The maximum absolute atomic E-state index is 10.2. The summed E-state index contributed by atoms with van der Waals surface area (Å²) in [5.41, 5.74) is -2.33. The van der Waals surface area contributed by atoms with Crippen LogP contribution in [0.15, 0.2) is 12.7 Å². The minimum atomic E-state index is -2.57. The molecule has 8 heteroatoms. The average Bonchev–Trinajstić information content (AvgIpc) is 2.25. The van der Waals surface area contributed by atoms with E-state index in [1.165, 1.54) is 6.08 Å². The van der Waals surface area contributed by atoms with Gasteiger partial charge in [-0.05, 0) is 15.9 Å². The van der Waals surface area contributed by atoms with E-state index in [0.29, 0.717) is 0 Å². The molecule has 0 bridgehead atoms. The van der Waals surface area contributed by atoms with Gasteiger partial charge in [0, 0.05) is 6.42 Å². The Morgan fingerprint density at radius 2 is 1.94 bits per heavy atom. The lowest BCUT2D eigenvalue weighted by Crippen LogP contribution is -2.75. The molecule has 0 aromatic heterocycles. The van der Waals surface area contributed by atoms with Crippen LogP contribution in [0.3, 0.4) is 0 Å². The zero-order valence-electron chi connectivity index (χ0n) is 8.75. The van der Waals surface area contributed by atoms with Gasteiger partial charge in [-0.2, -0.15) is 0 Å². The highest BCUT2D eigenvalue weighted by molar-refractivity contribution is 9.10. The van der Waals surface area contributed by atoms with E-state index in [-0.39, 0.29) is 6.42 Å². The van der Waals surface area contributed by atoms with Crippen molar-refractivity contribution in [2.75, 3.05) is 6.61 Å². The molecule has 0 amide bonds. The highest BCUT2D eigenvalue weighted by atomic mass is 79.9. The van der Waals surface area contributed by atoms with Crippen molar-refractivity contribution in [2.45, 2.75) is 34.0 Å². The predicted molar refractivity (Wildman–Crippen MR) is 62.4 cm³/mol. The number of halogens is 2. The molecule has 1 aliphatic heterocycles. The molecule has 1 heterocycles. The van der Waals surface area contributed by atoms with Crippen LogP contribution in [-0.2, 0) is 4.74 Å². The molecule has 100 valence electrons. The van der Waals surface area contributed by atoms with Gasteiger partial charge in [-0.15, -0.1) is 6.58 Å². The van der Waals surface area contributed by atoms with Crippen LogP contribution in [0.5, 0.6) is 0 Å². The molecule has 0 saturated carbocycles. The van der Waals surface area contributed by atoms with E-state index < -0.39 is 34.2 Å². The summed E-state index contributed by atoms with van der Waals surface area (Å²) in [6.45, 7) is 2.52. The smallest absolute Gasteiger partial charge is 0.212 e. The van der Waals surface area contributed by atoms with Crippen molar-refractivity contribution in [3.05, 3.63) is 12.7 Å². The second-order valence-electron chi connectivity index (χ2n) is 3.88. The summed E-state index contributed by atoms with van der Waals surface area (Å²) in [7, 11) is 0. The minimum absolute atomic E-state index is 0.318. The van der Waals surface area contributed by atoms with Crippen LogP contribution in [-0.4, -0.2) is 59.7 Å². The fourth-order valence-corrected chi connectivity index (χ4v) is 2.54. The topological polar surface area (TPSA) is 110 Å². The maximum Gasteiger partial charge on any atom is 0.212 e. The quantitative estimate of drug-likeness (QED) is 0.335. The number of ether oxygens (including phenoxy) is 1. The van der Waals surface area contributed by atoms with Crippen molar-refractivity contribution in [1.82, 2.24) is 0 Å². The Bertz CT molecular complexity index is 314. The molecule has 17 heavy (non-hydrogen) atoms. The van der Waals surface area contributed by atoms with Crippen molar-refractivity contribution < 1.29 is 30.3 Å². The van der Waals surface area contributed by atoms with Crippen LogP contribution >= 0.6 is 27.5 Å². The Kier molecular flexibility index (Phi) is 4.28. The summed E-state index contributed by atoms with van der Waals surface area (Å²) in [4.78, 5) is 0. The number of rotatable bonds is 3. The number of hydrogen-bond acceptors (Lipinski definition) is 6. The lowest BCUT2D eigenvalue weighted by atomic mass is 9.81. The molecular weight excluding hydrogens is 319 g/mol. The molecule has 0 aromatic rings. The first-order valence-corrected chi connectivity index (χ1v) is 5.91. The zero-order valence-corrected chi connectivity index (χ0v) is 11.1. The normalized spacial score (nSPS) is 51.2. The highest BCUT2D eigenvalue weighted by Gasteiger charge is 2.69. The first-order valence-electron chi connectivity index (χ1n) is 4.74. The molecule has 0 unspecified atom stereocenters. The Morgan fingerprint density at radius 1 is 1.41 bits per heavy atom. The van der Waals surface area contributed by atoms with Gasteiger partial charge in [-0.25, -0.2) is 0 Å². The highest BCUT2D eigenvalue weighted by Crippen LogP contribution is 2.51. The van der Waals surface area contributed by atoms with Crippen LogP contribution < -0.4 is 0 Å². The van der Waals surface area contributed by atoms with Gasteiger partial charge >= 0.3 is 0 Å². The molecule has 1 saturated heterocycles. The lowest BCUT2D eigenvalue weighted by molar-refractivity contribution is -0.342. The van der Waals surface area contributed by atoms with Crippen LogP contribution in [0.1, 0.15) is 6.42 Å². The minimum Gasteiger partial charge on any atom is -0.392 e. The number of hydrogen-bond donors (Lipinski definition) is 5. The van der Waals surface area contributed by atoms with Crippen LogP contribution in [0.2, 0.25) is 0 Å². The van der Waals surface area contributed by atoms with Gasteiger partial charge in [0.2, 0.25) is 5.06 Å². The van der Waals surface area contributed by atoms with Gasteiger partial charge in [0.15, 0.2) is 10.8 Å². The van der Waals surface area contributed by atoms with E-state index in [4.69, 9.17) is 21.4 Å². The molecule has 0 aliphatic carbocycles. The lowest BCUT2D eigenvalue weighted by Gasteiger charge is -2.54. The molecule has 5 N–H and O–H groups in total. The molecular formula is C9H14BrClO6. The van der Waals surface area contributed by atoms with Gasteiger partial charge in [0.05, 0.1) is 6.61 Å². The van der Waals surface area contributed by atoms with Crippen LogP contribution in [0, 0.1) is 0 Å². The molecule has 1 rings (SSSR count). The molecule has 1 aliphatic rings. The Labute approximate surface area is 111 Å². The fraction of sp³-hybridized carbons (Fsp3) is 0.778. The second-order valence-corrected chi connectivity index (χ2v) is 5.71. The van der Waals surface area contributed by atoms with Crippen molar-refractivity contribution in [3.63, 3.8) is 0 Å². The zero-order chi connectivity index (χ0) is 13.5. The van der Waals surface area contributed by atoms with E-state index >= 15 is 0 Å². The van der Waals surface area contributed by atoms with Crippen molar-refractivity contribution in [2.24, 2.45) is 0 Å². The second kappa shape index (κ2) is 4.75. The summed E-state index contributed by atoms with van der Waals surface area (Å²) in [5.74, 6) is 0. The molecule has 0 aromatic carbocycles. The monoisotopic (exact) mass is 332 g/mol. The summed E-state index contributed by atoms with van der Waals surface area (Å²) < 4.78 is 2.77. The molecule has 6 nitrogen and oxygen atoms in total. The van der Waals surface area contributed by atoms with Crippen LogP contribution in [0.25, 0.3) is 0 Å². The van der Waals surface area contributed by atoms with Crippen molar-refractivity contribution in [1.29, 1.82) is 0 Å². The van der Waals surface area contributed by atoms with E-state index in [1.54, 1.807) is 0 Å². The van der Waals surface area contributed by atoms with E-state index in [9.17, 15) is 20.4 Å². The maximum atomic E-state index is 10.2. The first kappa shape index (κ1) is 15.3. The fourth-order valence-electron chi connectivity index (χ4n) is 1.71. The Hall–Kier alpha value is 0.270. The standard InChI is InChI=1S/C9H14BrClO6/c1-2-3-7(15)5(13)6(14)17-8(10,4-12)9(7,11)16/h2,5-6,12-16H,1,3-4H2/t5-,6+,7+,8+,9+/m0/s1. The summed E-state index contributed by atoms with van der Waals surface area (Å²) >= 11 is 8.59. The van der Waals surface area contributed by atoms with Gasteiger partial charge < -0.3 is 30.3 Å². The summed E-state index contributed by atoms with van der Waals surface area (Å²) in [6.07, 6.45) is -2.80. The van der Waals surface area contributed by atoms with Crippen molar-refractivity contribution >= 4 is 27.5 Å². The summed E-state index contributed by atoms with van der Waals surface area (Å²) in [6, 6.07) is 0. The van der Waals surface area contributed by atoms with Gasteiger partial charge in [-0.3, -0.25) is 0 Å². The summed E-state index contributed by atoms with van der Waals surface area (Å²) in [5, 5.41) is 46.0. The molecule has 5 atom stereocenters. The first-order chi connectivity index (χ1) is 7.66.